The van der Waals surface area contributed by atoms with Crippen molar-refractivity contribution in [3.63, 3.8) is 0 Å². The van der Waals surface area contributed by atoms with E-state index in [0.717, 1.165) is 11.1 Å². The van der Waals surface area contributed by atoms with Gasteiger partial charge in [-0.2, -0.15) is 0 Å². The second-order valence-electron chi connectivity index (χ2n) is 6.62. The van der Waals surface area contributed by atoms with Crippen LogP contribution in [0.15, 0.2) is 83.9 Å². The van der Waals surface area contributed by atoms with Crippen LogP contribution in [0.1, 0.15) is 33.0 Å². The van der Waals surface area contributed by atoms with Crippen molar-refractivity contribution >= 4 is 34.9 Å². The summed E-state index contributed by atoms with van der Waals surface area (Å²) < 4.78 is 0. The third kappa shape index (κ3) is 3.49. The number of Topliss-reactive ketones (excluding diaryl/α,β-unsaturated/α-hetero) is 1. The monoisotopic (exact) mass is 371 g/mol. The number of rotatable bonds is 3. The highest BCUT2D eigenvalue weighted by Gasteiger charge is 2.32. The number of fused-ring (bicyclic) bond motifs is 1. The number of benzene rings is 3. The van der Waals surface area contributed by atoms with E-state index in [0.29, 0.717) is 22.0 Å². The van der Waals surface area contributed by atoms with Crippen LogP contribution in [0.25, 0.3) is 6.08 Å². The van der Waals surface area contributed by atoms with Crippen LogP contribution >= 0.6 is 11.6 Å². The highest BCUT2D eigenvalue weighted by molar-refractivity contribution is 6.33. The number of hydrogen-bond donors (Lipinski definition) is 0. The minimum atomic E-state index is -0.505. The molecule has 3 aromatic rings. The van der Waals surface area contributed by atoms with Crippen molar-refractivity contribution in [2.45, 2.75) is 12.8 Å². The SMILES string of the molecule is Cc1cccc(/C=C/C2=Nc3ccccc3C(=O)C2c2ccccc2Cl)c1. The van der Waals surface area contributed by atoms with E-state index in [9.17, 15) is 4.79 Å². The zero-order valence-corrected chi connectivity index (χ0v) is 15.6. The summed E-state index contributed by atoms with van der Waals surface area (Å²) in [7, 11) is 0. The van der Waals surface area contributed by atoms with Crippen LogP contribution in [-0.4, -0.2) is 11.5 Å². The number of carbonyl (C=O) groups is 1. The summed E-state index contributed by atoms with van der Waals surface area (Å²) in [4.78, 5) is 18.1. The smallest absolute Gasteiger partial charge is 0.178 e. The molecule has 0 radical (unpaired) electrons. The molecule has 0 saturated heterocycles. The summed E-state index contributed by atoms with van der Waals surface area (Å²) in [6.45, 7) is 2.06. The number of ketones is 1. The van der Waals surface area contributed by atoms with Gasteiger partial charge in [0, 0.05) is 10.6 Å². The Kier molecular flexibility index (Phi) is 4.74. The average Bonchev–Trinajstić information content (AvgIpc) is 2.68. The lowest BCUT2D eigenvalue weighted by Gasteiger charge is -2.23. The lowest BCUT2D eigenvalue weighted by atomic mass is 9.83. The maximum Gasteiger partial charge on any atom is 0.178 e. The van der Waals surface area contributed by atoms with E-state index in [2.05, 4.69) is 19.1 Å². The molecule has 27 heavy (non-hydrogen) atoms. The Morgan fingerprint density at radius 1 is 0.926 bits per heavy atom. The zero-order valence-electron chi connectivity index (χ0n) is 14.9. The van der Waals surface area contributed by atoms with Gasteiger partial charge in [-0.05, 0) is 42.3 Å². The van der Waals surface area contributed by atoms with Gasteiger partial charge in [0.05, 0.1) is 17.3 Å². The van der Waals surface area contributed by atoms with Crippen molar-refractivity contribution in [3.05, 3.63) is 106 Å². The summed E-state index contributed by atoms with van der Waals surface area (Å²) in [6, 6.07) is 23.1. The first kappa shape index (κ1) is 17.4. The van der Waals surface area contributed by atoms with Gasteiger partial charge in [0.15, 0.2) is 5.78 Å². The molecule has 0 aromatic heterocycles. The van der Waals surface area contributed by atoms with Crippen molar-refractivity contribution < 1.29 is 4.79 Å². The summed E-state index contributed by atoms with van der Waals surface area (Å²) in [6.07, 6.45) is 3.92. The fourth-order valence-electron chi connectivity index (χ4n) is 3.37. The lowest BCUT2D eigenvalue weighted by Crippen LogP contribution is -2.24. The topological polar surface area (TPSA) is 29.4 Å². The Balaban J connectivity index is 1.83. The van der Waals surface area contributed by atoms with E-state index in [1.54, 1.807) is 0 Å². The molecule has 0 fully saturated rings. The molecule has 0 bridgehead atoms. The fraction of sp³-hybridized carbons (Fsp3) is 0.0833. The molecule has 132 valence electrons. The summed E-state index contributed by atoms with van der Waals surface area (Å²) >= 11 is 6.42. The first-order chi connectivity index (χ1) is 13.1. The van der Waals surface area contributed by atoms with E-state index in [4.69, 9.17) is 16.6 Å². The minimum absolute atomic E-state index is 0.0255. The summed E-state index contributed by atoms with van der Waals surface area (Å²) in [5.41, 5.74) is 5.08. The number of carbonyl (C=O) groups excluding carboxylic acids is 1. The van der Waals surface area contributed by atoms with Gasteiger partial charge in [0.25, 0.3) is 0 Å². The van der Waals surface area contributed by atoms with Crippen molar-refractivity contribution in [1.82, 2.24) is 0 Å². The fourth-order valence-corrected chi connectivity index (χ4v) is 3.62. The number of hydrogen-bond acceptors (Lipinski definition) is 2. The number of halogens is 1. The van der Waals surface area contributed by atoms with Crippen LogP contribution in [0.3, 0.4) is 0 Å². The van der Waals surface area contributed by atoms with Crippen LogP contribution in [0.4, 0.5) is 5.69 Å². The number of para-hydroxylation sites is 1. The Bertz CT molecular complexity index is 1080. The van der Waals surface area contributed by atoms with Crippen LogP contribution in [-0.2, 0) is 0 Å². The van der Waals surface area contributed by atoms with Crippen LogP contribution in [0.2, 0.25) is 5.02 Å². The standard InChI is InChI=1S/C24H18ClNO/c1-16-7-6-8-17(15-16)13-14-22-23(18-9-2-4-11-20(18)25)24(27)19-10-3-5-12-21(19)26-22/h2-15,23H,1H3/b14-13+. The number of allylic oxidation sites excluding steroid dienone is 1. The molecule has 1 aliphatic heterocycles. The molecule has 4 rings (SSSR count). The Morgan fingerprint density at radius 2 is 1.70 bits per heavy atom. The van der Waals surface area contributed by atoms with E-state index in [1.807, 2.05) is 72.8 Å². The minimum Gasteiger partial charge on any atom is -0.293 e. The van der Waals surface area contributed by atoms with Crippen LogP contribution < -0.4 is 0 Å². The van der Waals surface area contributed by atoms with Gasteiger partial charge in [-0.15, -0.1) is 0 Å². The molecule has 0 spiro atoms. The molecule has 1 atom stereocenters. The van der Waals surface area contributed by atoms with Crippen molar-refractivity contribution in [2.24, 2.45) is 4.99 Å². The largest absolute Gasteiger partial charge is 0.293 e. The molecule has 3 aromatic carbocycles. The van der Waals surface area contributed by atoms with E-state index < -0.39 is 5.92 Å². The second-order valence-corrected chi connectivity index (χ2v) is 7.03. The molecule has 3 heteroatoms. The van der Waals surface area contributed by atoms with E-state index in [-0.39, 0.29) is 5.78 Å². The first-order valence-corrected chi connectivity index (χ1v) is 9.22. The molecule has 1 unspecified atom stereocenters. The molecular formula is C24H18ClNO. The Labute approximate surface area is 163 Å². The number of aliphatic imine (C=N–C) groups is 1. The molecule has 0 saturated carbocycles. The Morgan fingerprint density at radius 3 is 2.52 bits per heavy atom. The van der Waals surface area contributed by atoms with Gasteiger partial charge in [0.2, 0.25) is 0 Å². The van der Waals surface area contributed by atoms with Crippen LogP contribution in [0.5, 0.6) is 0 Å². The third-order valence-electron chi connectivity index (χ3n) is 4.68. The molecular weight excluding hydrogens is 354 g/mol. The number of aryl methyl sites for hydroxylation is 1. The van der Waals surface area contributed by atoms with E-state index in [1.165, 1.54) is 5.56 Å². The molecule has 0 aliphatic carbocycles. The maximum absolute atomic E-state index is 13.3. The molecule has 1 aliphatic rings. The number of nitrogens with zero attached hydrogens (tertiary/aromatic N) is 1. The van der Waals surface area contributed by atoms with Gasteiger partial charge in [-0.3, -0.25) is 9.79 Å². The van der Waals surface area contributed by atoms with Gasteiger partial charge in [-0.25, -0.2) is 0 Å². The highest BCUT2D eigenvalue weighted by Crippen LogP contribution is 2.37. The normalized spacial score (nSPS) is 16.3. The van der Waals surface area contributed by atoms with Gasteiger partial charge in [-0.1, -0.05) is 77.8 Å². The van der Waals surface area contributed by atoms with E-state index >= 15 is 0 Å². The highest BCUT2D eigenvalue weighted by atomic mass is 35.5. The molecule has 0 N–H and O–H groups in total. The van der Waals surface area contributed by atoms with Gasteiger partial charge < -0.3 is 0 Å². The maximum atomic E-state index is 13.3. The first-order valence-electron chi connectivity index (χ1n) is 8.84. The van der Waals surface area contributed by atoms with Gasteiger partial charge >= 0.3 is 0 Å². The average molecular weight is 372 g/mol. The molecule has 2 nitrogen and oxygen atoms in total. The lowest BCUT2D eigenvalue weighted by molar-refractivity contribution is 0.0982. The van der Waals surface area contributed by atoms with Crippen LogP contribution in [0, 0.1) is 6.92 Å². The Hall–Kier alpha value is -2.97. The molecule has 1 heterocycles. The molecule has 0 amide bonds. The summed E-state index contributed by atoms with van der Waals surface area (Å²) in [5.74, 6) is -0.479. The second kappa shape index (κ2) is 7.34. The van der Waals surface area contributed by atoms with Crippen molar-refractivity contribution in [3.8, 4) is 0 Å². The predicted molar refractivity (Wildman–Crippen MR) is 112 cm³/mol. The van der Waals surface area contributed by atoms with Gasteiger partial charge in [0.1, 0.15) is 0 Å². The zero-order chi connectivity index (χ0) is 18.8. The third-order valence-corrected chi connectivity index (χ3v) is 5.03. The van der Waals surface area contributed by atoms with Crippen molar-refractivity contribution in [1.29, 1.82) is 0 Å². The van der Waals surface area contributed by atoms with Crippen molar-refractivity contribution in [2.75, 3.05) is 0 Å². The quantitative estimate of drug-likeness (QED) is 0.522. The summed E-state index contributed by atoms with van der Waals surface area (Å²) in [5, 5.41) is 0.576. The predicted octanol–water partition coefficient (Wildman–Crippen LogP) is 6.41.